The molecule has 8 nitrogen and oxygen atoms in total. The third-order valence-electron chi connectivity index (χ3n) is 14.9. The van der Waals surface area contributed by atoms with E-state index in [0.717, 1.165) is 67.1 Å². The standard InChI is InChI=1S/4C15H10N.2C11H7N2.2Ir/c4*1-2-6-12(7-3-1)15-10-13-8-4-5-9-14(13)11-16-15;2*1-2-4-10-9(3-1)5-7-13-8-6-12-11(10)13;;/h4*1-6,8-11H;2*1-3,5-8H;;/q6*-1;2*+3. The van der Waals surface area contributed by atoms with E-state index in [1.807, 2.05) is 228 Å². The molecule has 0 aliphatic heterocycles. The second kappa shape index (κ2) is 31.0. The van der Waals surface area contributed by atoms with E-state index in [-0.39, 0.29) is 40.2 Å². The summed E-state index contributed by atoms with van der Waals surface area (Å²) in [5, 5.41) is 14.0. The van der Waals surface area contributed by atoms with Gasteiger partial charge in [-0.1, -0.05) is 133 Å². The van der Waals surface area contributed by atoms with E-state index in [1.165, 1.54) is 53.9 Å². The van der Waals surface area contributed by atoms with Gasteiger partial charge < -0.3 is 28.7 Å². The van der Waals surface area contributed by atoms with Gasteiger partial charge in [0.15, 0.2) is 0 Å². The summed E-state index contributed by atoms with van der Waals surface area (Å²) >= 11 is 0. The molecule has 18 rings (SSSR count). The average Bonchev–Trinajstić information content (AvgIpc) is 1.94. The van der Waals surface area contributed by atoms with E-state index >= 15 is 0 Å². The van der Waals surface area contributed by atoms with Crippen molar-refractivity contribution in [2.75, 3.05) is 0 Å². The predicted molar refractivity (Wildman–Crippen MR) is 367 cm³/mol. The number of aromatic nitrogens is 8. The normalized spacial score (nSPS) is 10.4. The van der Waals surface area contributed by atoms with Gasteiger partial charge in [0.1, 0.15) is 0 Å². The number of fused-ring (bicyclic) bond motifs is 10. The van der Waals surface area contributed by atoms with Crippen LogP contribution >= 0.6 is 0 Å². The van der Waals surface area contributed by atoms with Crippen LogP contribution in [0, 0.1) is 36.4 Å². The maximum Gasteiger partial charge on any atom is 3.00 e. The molecule has 0 unspecified atom stereocenters. The third-order valence-corrected chi connectivity index (χ3v) is 14.9. The summed E-state index contributed by atoms with van der Waals surface area (Å²) in [6.45, 7) is 0. The number of hydrogen-bond acceptors (Lipinski definition) is 6. The first-order chi connectivity index (χ1) is 44.6. The Morgan fingerprint density at radius 3 is 0.772 bits per heavy atom. The Morgan fingerprint density at radius 2 is 0.489 bits per heavy atom. The summed E-state index contributed by atoms with van der Waals surface area (Å²) in [6, 6.07) is 108. The van der Waals surface area contributed by atoms with Crippen LogP contribution in [0.15, 0.2) is 329 Å². The summed E-state index contributed by atoms with van der Waals surface area (Å²) < 4.78 is 4.00. The average molecular weight is 1540 g/mol. The molecule has 10 heteroatoms. The summed E-state index contributed by atoms with van der Waals surface area (Å²) in [7, 11) is 0. The number of rotatable bonds is 4. The minimum absolute atomic E-state index is 0. The van der Waals surface area contributed by atoms with E-state index in [0.29, 0.717) is 0 Å². The largest absolute Gasteiger partial charge is 3.00 e. The van der Waals surface area contributed by atoms with E-state index in [2.05, 4.69) is 163 Å². The Labute approximate surface area is 561 Å². The van der Waals surface area contributed by atoms with Gasteiger partial charge in [-0.25, -0.2) is 0 Å². The number of benzene rings is 10. The zero-order valence-corrected chi connectivity index (χ0v) is 54.2. The Hall–Kier alpha value is -11.0. The Bertz CT molecular complexity index is 4770. The molecule has 0 aliphatic rings. The van der Waals surface area contributed by atoms with Gasteiger partial charge in [0.05, 0.1) is 11.3 Å². The van der Waals surface area contributed by atoms with Gasteiger partial charge in [0, 0.05) is 49.6 Å². The number of nitrogens with zero attached hydrogens (tertiary/aromatic N) is 8. The second-order valence-corrected chi connectivity index (χ2v) is 20.7. The summed E-state index contributed by atoms with van der Waals surface area (Å²) in [4.78, 5) is 26.3. The van der Waals surface area contributed by atoms with Crippen LogP contribution in [-0.4, -0.2) is 38.7 Å². The number of pyridine rings is 6. The molecule has 0 saturated carbocycles. The fourth-order valence-corrected chi connectivity index (χ4v) is 10.3. The van der Waals surface area contributed by atoms with Crippen molar-refractivity contribution in [1.29, 1.82) is 0 Å². The molecule has 8 aromatic heterocycles. The maximum atomic E-state index is 4.45. The molecule has 0 saturated heterocycles. The Kier molecular flexibility index (Phi) is 21.1. The van der Waals surface area contributed by atoms with Crippen molar-refractivity contribution < 1.29 is 40.2 Å². The van der Waals surface area contributed by atoms with Crippen LogP contribution in [0.4, 0.5) is 0 Å². The van der Waals surface area contributed by atoms with Crippen molar-refractivity contribution in [3.8, 4) is 45.0 Å². The molecule has 0 amide bonds. The molecule has 0 spiro atoms. The van der Waals surface area contributed by atoms with E-state index < -0.39 is 0 Å². The van der Waals surface area contributed by atoms with Crippen molar-refractivity contribution in [3.05, 3.63) is 365 Å². The molecule has 18 aromatic rings. The molecule has 10 aromatic carbocycles. The van der Waals surface area contributed by atoms with Crippen LogP contribution in [0.1, 0.15) is 0 Å². The molecule has 0 aliphatic carbocycles. The zero-order chi connectivity index (χ0) is 60.5. The summed E-state index contributed by atoms with van der Waals surface area (Å²) in [5.74, 6) is 0. The number of hydrogen-bond donors (Lipinski definition) is 0. The van der Waals surface area contributed by atoms with Gasteiger partial charge in [-0.2, -0.15) is 0 Å². The van der Waals surface area contributed by atoms with Crippen molar-refractivity contribution in [3.63, 3.8) is 0 Å². The molecular weight excluding hydrogens is 1480 g/mol. The van der Waals surface area contributed by atoms with Gasteiger partial charge in [0.2, 0.25) is 0 Å². The molecule has 440 valence electrons. The maximum absolute atomic E-state index is 4.45. The third kappa shape index (κ3) is 15.4. The summed E-state index contributed by atoms with van der Waals surface area (Å²) in [6.07, 6.45) is 19.1. The van der Waals surface area contributed by atoms with Gasteiger partial charge in [0.25, 0.3) is 0 Å². The van der Waals surface area contributed by atoms with Crippen molar-refractivity contribution in [1.82, 2.24) is 38.7 Å². The topological polar surface area (TPSA) is 86.2 Å². The van der Waals surface area contributed by atoms with Gasteiger partial charge >= 0.3 is 40.2 Å². The minimum Gasteiger partial charge on any atom is -0.347 e. The van der Waals surface area contributed by atoms with Crippen LogP contribution in [0.25, 0.3) is 121 Å². The zero-order valence-electron chi connectivity index (χ0n) is 49.4. The van der Waals surface area contributed by atoms with Gasteiger partial charge in [-0.3, -0.25) is 9.97 Å². The van der Waals surface area contributed by atoms with E-state index in [9.17, 15) is 0 Å². The molecule has 92 heavy (non-hydrogen) atoms. The summed E-state index contributed by atoms with van der Waals surface area (Å²) in [5.41, 5.74) is 9.97. The van der Waals surface area contributed by atoms with E-state index in [1.54, 1.807) is 12.4 Å². The second-order valence-electron chi connectivity index (χ2n) is 20.7. The quantitative estimate of drug-likeness (QED) is 0.163. The first kappa shape index (κ1) is 62.6. The van der Waals surface area contributed by atoms with Crippen molar-refractivity contribution >= 4 is 75.9 Å². The first-order valence-corrected chi connectivity index (χ1v) is 29.4. The SMILES string of the molecule is [Ir+3].[Ir+3].[c-]1cccc2ccn3ccnc3c12.[c-]1cccc2ccn3ccnc3c12.[c-]1ccccc1-c1cc2ccccc2cn1.[c-]1ccccc1-c1cc2ccccc2cn1.[c-]1ccccc1-c1cc2ccccc2cn1.[c-]1ccccc1-c1cc2ccccc2cn1. The predicted octanol–water partition coefficient (Wildman–Crippen LogP) is 19.4. The molecular formula is C82H54Ir2N8. The van der Waals surface area contributed by atoms with E-state index in [4.69, 9.17) is 0 Å². The fraction of sp³-hybridized carbons (Fsp3) is 0. The minimum atomic E-state index is 0. The molecule has 0 atom stereocenters. The Balaban J connectivity index is 0.000000113. The molecule has 8 heterocycles. The van der Waals surface area contributed by atoms with Crippen LogP contribution in [-0.2, 0) is 40.2 Å². The van der Waals surface area contributed by atoms with Crippen LogP contribution < -0.4 is 0 Å². The molecule has 0 N–H and O–H groups in total. The smallest absolute Gasteiger partial charge is 0.347 e. The van der Waals surface area contributed by atoms with Crippen LogP contribution in [0.2, 0.25) is 0 Å². The molecule has 0 fully saturated rings. The van der Waals surface area contributed by atoms with Crippen LogP contribution in [0.5, 0.6) is 0 Å². The van der Waals surface area contributed by atoms with Crippen molar-refractivity contribution in [2.24, 2.45) is 0 Å². The fourth-order valence-electron chi connectivity index (χ4n) is 10.3. The number of imidazole rings is 2. The van der Waals surface area contributed by atoms with Crippen LogP contribution in [0.3, 0.4) is 0 Å². The van der Waals surface area contributed by atoms with Crippen molar-refractivity contribution in [2.45, 2.75) is 0 Å². The first-order valence-electron chi connectivity index (χ1n) is 29.4. The van der Waals surface area contributed by atoms with Gasteiger partial charge in [-0.05, 0) is 78.3 Å². The Morgan fingerprint density at radius 1 is 0.228 bits per heavy atom. The molecule has 0 radical (unpaired) electrons. The monoisotopic (exact) mass is 1540 g/mol. The van der Waals surface area contributed by atoms with Gasteiger partial charge in [-0.15, -0.1) is 214 Å². The molecule has 0 bridgehead atoms.